The van der Waals surface area contributed by atoms with E-state index in [1.54, 1.807) is 12.1 Å². The van der Waals surface area contributed by atoms with Crippen LogP contribution < -0.4 is 0 Å². The van der Waals surface area contributed by atoms with Gasteiger partial charge in [0.25, 0.3) is 0 Å². The van der Waals surface area contributed by atoms with Crippen LogP contribution in [0.2, 0.25) is 0 Å². The number of rotatable bonds is 2. The van der Waals surface area contributed by atoms with Crippen molar-refractivity contribution >= 4 is 0 Å². The van der Waals surface area contributed by atoms with Crippen molar-refractivity contribution in [1.29, 1.82) is 0 Å². The Morgan fingerprint density at radius 1 is 1.71 bits per heavy atom. The molecule has 0 N–H and O–H groups in total. The molecule has 0 saturated carbocycles. The summed E-state index contributed by atoms with van der Waals surface area (Å²) in [6.45, 7) is 2.69. The maximum absolute atomic E-state index is 10.2. The minimum atomic E-state index is 0.764. The Balaban J connectivity index is 3.34. The summed E-state index contributed by atoms with van der Waals surface area (Å²) < 4.78 is 0. The maximum Gasteiger partial charge on any atom is 0.216 e. The van der Waals surface area contributed by atoms with Crippen molar-refractivity contribution in [3.8, 4) is 0 Å². The third-order valence-electron chi connectivity index (χ3n) is 0.938. The highest BCUT2D eigenvalue weighted by Crippen LogP contribution is 1.74. The normalized spacial score (nSPS) is 8.43. The van der Waals surface area contributed by atoms with Gasteiger partial charge in [0.15, 0.2) is 0 Å². The fourth-order valence-electron chi connectivity index (χ4n) is 0.199. The number of nitroso groups, excluding NO2 is 1. The van der Waals surface area contributed by atoms with Gasteiger partial charge in [-0.15, -0.1) is 5.01 Å². The van der Waals surface area contributed by atoms with Gasteiger partial charge in [0.1, 0.15) is 4.87 Å². The second-order valence-electron chi connectivity index (χ2n) is 1.44. The van der Waals surface area contributed by atoms with E-state index >= 15 is 0 Å². The average Bonchev–Trinajstić information content (AvgIpc) is 1.65. The van der Waals surface area contributed by atoms with Crippen LogP contribution in [0.4, 0.5) is 0 Å². The molecule has 0 aliphatic heterocycles. The summed E-state index contributed by atoms with van der Waals surface area (Å²) in [6.07, 6.45) is 0. The maximum atomic E-state index is 10.2. The summed E-state index contributed by atoms with van der Waals surface area (Å²) in [6, 6.07) is 0. The van der Waals surface area contributed by atoms with Gasteiger partial charge < -0.3 is 0 Å². The van der Waals surface area contributed by atoms with E-state index in [-0.39, 0.29) is 0 Å². The molecule has 0 atom stereocenters. The summed E-state index contributed by atoms with van der Waals surface area (Å²) in [4.78, 5) is 11.0. The second kappa shape index (κ2) is 2.55. The molecule has 3 nitrogen and oxygen atoms in total. The summed E-state index contributed by atoms with van der Waals surface area (Å²) in [5.74, 6) is 0. The lowest BCUT2D eigenvalue weighted by molar-refractivity contribution is -0.679. The Morgan fingerprint density at radius 3 is 2.14 bits per heavy atom. The molecule has 3 heteroatoms. The summed E-state index contributed by atoms with van der Waals surface area (Å²) >= 11 is 0. The molecule has 0 amide bonds. The predicted molar refractivity (Wildman–Crippen MR) is 27.9 cm³/mol. The Kier molecular flexibility index (Phi) is 2.33. The smallest absolute Gasteiger partial charge is 0.145 e. The standard InChI is InChI=1S/C4H11N2O/c1-4-5(2)6(3)7/h4H2,1-3H3/q+1. The van der Waals surface area contributed by atoms with Crippen LogP contribution in [0.1, 0.15) is 6.92 Å². The lowest BCUT2D eigenvalue weighted by Gasteiger charge is -1.99. The molecule has 42 valence electrons. The first-order valence-corrected chi connectivity index (χ1v) is 2.30. The first-order chi connectivity index (χ1) is 3.18. The summed E-state index contributed by atoms with van der Waals surface area (Å²) in [5.41, 5.74) is 0. The van der Waals surface area contributed by atoms with Crippen molar-refractivity contribution in [3.63, 3.8) is 0 Å². The number of hydrogen-bond donors (Lipinski definition) is 0. The Labute approximate surface area is 43.5 Å². The zero-order chi connectivity index (χ0) is 5.86. The lowest BCUT2D eigenvalue weighted by atomic mass is 10.7. The van der Waals surface area contributed by atoms with Gasteiger partial charge in [-0.05, 0) is 6.92 Å². The molecule has 0 bridgehead atoms. The monoisotopic (exact) mass is 103 g/mol. The SMILES string of the molecule is CCN(C)[N+](C)=O. The van der Waals surface area contributed by atoms with E-state index in [9.17, 15) is 4.91 Å². The van der Waals surface area contributed by atoms with E-state index in [2.05, 4.69) is 0 Å². The van der Waals surface area contributed by atoms with Crippen LogP contribution in [0.15, 0.2) is 0 Å². The van der Waals surface area contributed by atoms with Gasteiger partial charge in [0.05, 0.1) is 18.5 Å². The third-order valence-corrected chi connectivity index (χ3v) is 0.938. The molecule has 7 heavy (non-hydrogen) atoms. The van der Waals surface area contributed by atoms with Gasteiger partial charge in [-0.2, -0.15) is 0 Å². The molecule has 0 saturated heterocycles. The predicted octanol–water partition coefficient (Wildman–Crippen LogP) is 0.262. The Bertz CT molecular complexity index is 72.1. The van der Waals surface area contributed by atoms with Crippen molar-refractivity contribution in [3.05, 3.63) is 4.91 Å². The highest BCUT2D eigenvalue weighted by molar-refractivity contribution is 4.17. The minimum absolute atomic E-state index is 0.764. The van der Waals surface area contributed by atoms with E-state index in [4.69, 9.17) is 0 Å². The van der Waals surface area contributed by atoms with Gasteiger partial charge in [-0.3, -0.25) is 0 Å². The molecule has 0 rings (SSSR count). The molecule has 0 aliphatic rings. The fourth-order valence-corrected chi connectivity index (χ4v) is 0.199. The lowest BCUT2D eigenvalue weighted by Crippen LogP contribution is -2.25. The number of hydrogen-bond acceptors (Lipinski definition) is 1. The topological polar surface area (TPSA) is 23.3 Å². The van der Waals surface area contributed by atoms with Crippen molar-refractivity contribution in [2.45, 2.75) is 6.92 Å². The molecule has 0 heterocycles. The van der Waals surface area contributed by atoms with Gasteiger partial charge in [-0.1, -0.05) is 0 Å². The Morgan fingerprint density at radius 2 is 2.14 bits per heavy atom. The van der Waals surface area contributed by atoms with Crippen molar-refractivity contribution in [1.82, 2.24) is 5.01 Å². The number of hydrazine groups is 1. The van der Waals surface area contributed by atoms with Crippen LogP contribution in [0.25, 0.3) is 0 Å². The quantitative estimate of drug-likeness (QED) is 0.369. The van der Waals surface area contributed by atoms with Gasteiger partial charge in [-0.25, -0.2) is 0 Å². The molecule has 0 radical (unpaired) electrons. The van der Waals surface area contributed by atoms with Crippen LogP contribution in [0.5, 0.6) is 0 Å². The first-order valence-electron chi connectivity index (χ1n) is 2.30. The van der Waals surface area contributed by atoms with Gasteiger partial charge in [0, 0.05) is 0 Å². The fraction of sp³-hybridized carbons (Fsp3) is 1.00. The average molecular weight is 103 g/mol. The minimum Gasteiger partial charge on any atom is -0.145 e. The van der Waals surface area contributed by atoms with E-state index in [1.165, 1.54) is 7.05 Å². The summed E-state index contributed by atoms with van der Waals surface area (Å²) in [5, 5.41) is 1.57. The highest BCUT2D eigenvalue weighted by atomic mass is 16.3. The van der Waals surface area contributed by atoms with Crippen molar-refractivity contribution in [2.75, 3.05) is 20.6 Å². The van der Waals surface area contributed by atoms with E-state index < -0.39 is 0 Å². The largest absolute Gasteiger partial charge is 0.216 e. The zero-order valence-corrected chi connectivity index (χ0v) is 5.01. The van der Waals surface area contributed by atoms with Crippen LogP contribution in [-0.2, 0) is 0 Å². The molecule has 0 aromatic rings. The molecule has 0 unspecified atom stereocenters. The van der Waals surface area contributed by atoms with E-state index in [1.807, 2.05) is 6.92 Å². The van der Waals surface area contributed by atoms with Crippen LogP contribution in [0, 0.1) is 4.91 Å². The summed E-state index contributed by atoms with van der Waals surface area (Å²) in [7, 11) is 3.22. The zero-order valence-electron chi connectivity index (χ0n) is 5.01. The Hall–Kier alpha value is -0.600. The van der Waals surface area contributed by atoms with Gasteiger partial charge >= 0.3 is 0 Å². The molecule has 0 spiro atoms. The molecule has 0 aliphatic carbocycles. The van der Waals surface area contributed by atoms with Gasteiger partial charge in [0.2, 0.25) is 7.05 Å². The first kappa shape index (κ1) is 6.40. The molecule has 0 fully saturated rings. The second-order valence-corrected chi connectivity index (χ2v) is 1.44. The van der Waals surface area contributed by atoms with E-state index in [0.29, 0.717) is 0 Å². The van der Waals surface area contributed by atoms with Crippen molar-refractivity contribution in [2.24, 2.45) is 0 Å². The molecule has 0 aromatic carbocycles. The van der Waals surface area contributed by atoms with E-state index in [0.717, 1.165) is 11.4 Å². The molecular formula is C4H11N2O+. The highest BCUT2D eigenvalue weighted by Gasteiger charge is 2.00. The molecule has 0 aromatic heterocycles. The molecular weight excluding hydrogens is 92.1 g/mol. The van der Waals surface area contributed by atoms with Crippen LogP contribution in [-0.4, -0.2) is 30.5 Å². The van der Waals surface area contributed by atoms with Crippen LogP contribution >= 0.6 is 0 Å². The van der Waals surface area contributed by atoms with Crippen molar-refractivity contribution < 1.29 is 4.87 Å². The van der Waals surface area contributed by atoms with Crippen LogP contribution in [0.3, 0.4) is 0 Å². The third kappa shape index (κ3) is 2.14. The number of nitrogens with zero attached hydrogens (tertiary/aromatic N) is 2.